The number of anilines is 1. The molecule has 0 aliphatic carbocycles. The first-order valence-corrected chi connectivity index (χ1v) is 6.60. The van der Waals surface area contributed by atoms with Crippen LogP contribution in [0, 0.1) is 17.6 Å². The van der Waals surface area contributed by atoms with E-state index in [1.54, 1.807) is 0 Å². The van der Waals surface area contributed by atoms with E-state index >= 15 is 0 Å². The first-order valence-electron chi connectivity index (χ1n) is 5.97. The van der Waals surface area contributed by atoms with Crippen molar-refractivity contribution in [1.29, 1.82) is 0 Å². The van der Waals surface area contributed by atoms with Crippen molar-refractivity contribution in [2.75, 3.05) is 24.3 Å². The zero-order valence-corrected chi connectivity index (χ0v) is 11.6. The predicted octanol–water partition coefficient (Wildman–Crippen LogP) is 2.03. The standard InChI is InChI=1S/C13H13F2NO3S/c1-19-13(18)11-8(14)2-3-9(12(11)15)16-5-7(6-20)4-10(16)17/h2-3,7,20H,4-6H2,1H3. The Bertz CT molecular complexity index is 565. The van der Waals surface area contributed by atoms with Crippen LogP contribution in [0.5, 0.6) is 0 Å². The van der Waals surface area contributed by atoms with E-state index < -0.39 is 23.2 Å². The van der Waals surface area contributed by atoms with Gasteiger partial charge >= 0.3 is 5.97 Å². The molecule has 1 saturated heterocycles. The molecule has 1 unspecified atom stereocenters. The molecule has 0 aromatic heterocycles. The lowest BCUT2D eigenvalue weighted by Crippen LogP contribution is -2.26. The second-order valence-corrected chi connectivity index (χ2v) is 4.87. The largest absolute Gasteiger partial charge is 0.465 e. The molecule has 1 heterocycles. The summed E-state index contributed by atoms with van der Waals surface area (Å²) in [6, 6.07) is 2.10. The van der Waals surface area contributed by atoms with Crippen LogP contribution in [0.25, 0.3) is 0 Å². The second kappa shape index (κ2) is 5.78. The number of benzene rings is 1. The number of halogens is 2. The summed E-state index contributed by atoms with van der Waals surface area (Å²) in [5.74, 6) is -2.98. The fourth-order valence-electron chi connectivity index (χ4n) is 2.18. The number of nitrogens with zero attached hydrogens (tertiary/aromatic N) is 1. The number of amides is 1. The second-order valence-electron chi connectivity index (χ2n) is 4.50. The molecule has 0 N–H and O–H groups in total. The fraction of sp³-hybridized carbons (Fsp3) is 0.385. The maximum absolute atomic E-state index is 14.3. The molecule has 7 heteroatoms. The van der Waals surface area contributed by atoms with E-state index in [1.807, 2.05) is 0 Å². The molecule has 1 amide bonds. The first-order chi connectivity index (χ1) is 9.49. The van der Waals surface area contributed by atoms with Crippen LogP contribution in [0.4, 0.5) is 14.5 Å². The Morgan fingerprint density at radius 2 is 2.20 bits per heavy atom. The van der Waals surface area contributed by atoms with Crippen LogP contribution < -0.4 is 4.90 Å². The van der Waals surface area contributed by atoms with Gasteiger partial charge in [-0.1, -0.05) is 0 Å². The Hall–Kier alpha value is -1.63. The number of ether oxygens (including phenoxy) is 1. The molecule has 0 radical (unpaired) electrons. The van der Waals surface area contributed by atoms with Crippen molar-refractivity contribution in [3.05, 3.63) is 29.3 Å². The number of rotatable bonds is 3. The van der Waals surface area contributed by atoms with Gasteiger partial charge in [0.1, 0.15) is 11.4 Å². The molecule has 2 rings (SSSR count). The Morgan fingerprint density at radius 3 is 2.75 bits per heavy atom. The smallest absolute Gasteiger partial charge is 0.343 e. The van der Waals surface area contributed by atoms with Crippen LogP contribution in [-0.2, 0) is 9.53 Å². The highest BCUT2D eigenvalue weighted by atomic mass is 32.1. The third-order valence-electron chi connectivity index (χ3n) is 3.21. The first kappa shape index (κ1) is 14.8. The number of carbonyl (C=O) groups is 2. The minimum absolute atomic E-state index is 0.0110. The summed E-state index contributed by atoms with van der Waals surface area (Å²) < 4.78 is 32.2. The fourth-order valence-corrected chi connectivity index (χ4v) is 2.42. The third kappa shape index (κ3) is 2.49. The van der Waals surface area contributed by atoms with E-state index in [9.17, 15) is 18.4 Å². The van der Waals surface area contributed by atoms with Gasteiger partial charge < -0.3 is 9.64 Å². The van der Waals surface area contributed by atoms with Crippen molar-refractivity contribution >= 4 is 30.2 Å². The molecule has 1 atom stereocenters. The summed E-state index contributed by atoms with van der Waals surface area (Å²) in [4.78, 5) is 24.5. The number of thiol groups is 1. The summed E-state index contributed by atoms with van der Waals surface area (Å²) in [6.07, 6.45) is 0.258. The third-order valence-corrected chi connectivity index (χ3v) is 3.73. The van der Waals surface area contributed by atoms with Crippen molar-refractivity contribution in [1.82, 2.24) is 0 Å². The lowest BCUT2D eigenvalue weighted by atomic mass is 10.1. The minimum atomic E-state index is -1.11. The van der Waals surface area contributed by atoms with Gasteiger partial charge in [-0.25, -0.2) is 13.6 Å². The highest BCUT2D eigenvalue weighted by Crippen LogP contribution is 2.30. The van der Waals surface area contributed by atoms with Gasteiger partial charge in [0.2, 0.25) is 5.91 Å². The van der Waals surface area contributed by atoms with Crippen molar-refractivity contribution < 1.29 is 23.1 Å². The van der Waals surface area contributed by atoms with Gasteiger partial charge in [0.15, 0.2) is 5.82 Å². The zero-order chi connectivity index (χ0) is 14.9. The van der Waals surface area contributed by atoms with Gasteiger partial charge in [0, 0.05) is 13.0 Å². The summed E-state index contributed by atoms with van der Waals surface area (Å²) in [6.45, 7) is 0.297. The SMILES string of the molecule is COC(=O)c1c(F)ccc(N2CC(CS)CC2=O)c1F. The zero-order valence-electron chi connectivity index (χ0n) is 10.7. The molecule has 0 spiro atoms. The molecule has 1 aliphatic rings. The van der Waals surface area contributed by atoms with E-state index in [0.717, 1.165) is 19.2 Å². The molecule has 1 aromatic carbocycles. The topological polar surface area (TPSA) is 46.6 Å². The summed E-state index contributed by atoms with van der Waals surface area (Å²) in [5, 5.41) is 0. The van der Waals surface area contributed by atoms with Crippen molar-refractivity contribution in [3.63, 3.8) is 0 Å². The van der Waals surface area contributed by atoms with Crippen LogP contribution in [0.3, 0.4) is 0 Å². The highest BCUT2D eigenvalue weighted by Gasteiger charge is 2.33. The van der Waals surface area contributed by atoms with Crippen LogP contribution in [0.2, 0.25) is 0 Å². The maximum Gasteiger partial charge on any atom is 0.343 e. The molecule has 1 aromatic rings. The number of hydrogen-bond donors (Lipinski definition) is 1. The molecule has 1 fully saturated rings. The van der Waals surface area contributed by atoms with E-state index in [2.05, 4.69) is 17.4 Å². The molecular weight excluding hydrogens is 288 g/mol. The van der Waals surface area contributed by atoms with Gasteiger partial charge in [0.25, 0.3) is 0 Å². The Morgan fingerprint density at radius 1 is 1.50 bits per heavy atom. The predicted molar refractivity (Wildman–Crippen MR) is 72.0 cm³/mol. The lowest BCUT2D eigenvalue weighted by molar-refractivity contribution is -0.117. The lowest BCUT2D eigenvalue weighted by Gasteiger charge is -2.18. The summed E-state index contributed by atoms with van der Waals surface area (Å²) in [7, 11) is 1.03. The van der Waals surface area contributed by atoms with Crippen molar-refractivity contribution in [3.8, 4) is 0 Å². The molecular formula is C13H13F2NO3S. The van der Waals surface area contributed by atoms with E-state index in [0.29, 0.717) is 12.3 Å². The van der Waals surface area contributed by atoms with Crippen LogP contribution in [-0.4, -0.2) is 31.3 Å². The summed E-state index contributed by atoms with van der Waals surface area (Å²) in [5.41, 5.74) is -0.895. The average Bonchev–Trinajstić information content (AvgIpc) is 2.80. The van der Waals surface area contributed by atoms with E-state index in [4.69, 9.17) is 0 Å². The molecule has 0 bridgehead atoms. The van der Waals surface area contributed by atoms with Gasteiger partial charge in [-0.05, 0) is 23.8 Å². The minimum Gasteiger partial charge on any atom is -0.465 e. The van der Waals surface area contributed by atoms with Gasteiger partial charge in [-0.15, -0.1) is 0 Å². The average molecular weight is 301 g/mol. The van der Waals surface area contributed by atoms with Crippen LogP contribution >= 0.6 is 12.6 Å². The van der Waals surface area contributed by atoms with Crippen molar-refractivity contribution in [2.24, 2.45) is 5.92 Å². The van der Waals surface area contributed by atoms with Gasteiger partial charge in [0.05, 0.1) is 12.8 Å². The van der Waals surface area contributed by atoms with Crippen LogP contribution in [0.1, 0.15) is 16.8 Å². The molecule has 4 nitrogen and oxygen atoms in total. The van der Waals surface area contributed by atoms with Crippen LogP contribution in [0.15, 0.2) is 12.1 Å². The molecule has 1 aliphatic heterocycles. The number of esters is 1. The molecule has 108 valence electrons. The van der Waals surface area contributed by atoms with E-state index in [1.165, 1.54) is 4.90 Å². The highest BCUT2D eigenvalue weighted by molar-refractivity contribution is 7.80. The van der Waals surface area contributed by atoms with E-state index in [-0.39, 0.29) is 23.9 Å². The van der Waals surface area contributed by atoms with Crippen molar-refractivity contribution in [2.45, 2.75) is 6.42 Å². The normalized spacial score (nSPS) is 18.5. The number of carbonyl (C=O) groups excluding carboxylic acids is 2. The molecule has 0 saturated carbocycles. The maximum atomic E-state index is 14.3. The number of hydrogen-bond acceptors (Lipinski definition) is 4. The number of methoxy groups -OCH3 is 1. The van der Waals surface area contributed by atoms with Gasteiger partial charge in [-0.3, -0.25) is 4.79 Å². The summed E-state index contributed by atoms with van der Waals surface area (Å²) >= 11 is 4.11. The quantitative estimate of drug-likeness (QED) is 0.686. The monoisotopic (exact) mass is 301 g/mol. The molecule has 20 heavy (non-hydrogen) atoms. The Labute approximate surface area is 120 Å². The Kier molecular flexibility index (Phi) is 4.27. The van der Waals surface area contributed by atoms with Gasteiger partial charge in [-0.2, -0.15) is 12.6 Å². The Balaban J connectivity index is 2.44.